The Bertz CT molecular complexity index is 1140. The van der Waals surface area contributed by atoms with Gasteiger partial charge in [-0.1, -0.05) is 42.5 Å². The molecule has 32 heavy (non-hydrogen) atoms. The second kappa shape index (κ2) is 8.35. The van der Waals surface area contributed by atoms with Crippen LogP contribution in [-0.2, 0) is 17.6 Å². The SMILES string of the molecule is Nc1nc(CCc2ccc3ccccc3c2)nc(N2CCC3(CC2)CN[C@H](C(=O)O)C3)n1. The minimum absolute atomic E-state index is 0.0526. The summed E-state index contributed by atoms with van der Waals surface area (Å²) in [5, 5.41) is 14.9. The van der Waals surface area contributed by atoms with E-state index in [4.69, 9.17) is 10.7 Å². The zero-order chi connectivity index (χ0) is 22.1. The maximum absolute atomic E-state index is 11.3. The third-order valence-electron chi connectivity index (χ3n) is 6.90. The number of fused-ring (bicyclic) bond motifs is 1. The molecule has 8 heteroatoms. The van der Waals surface area contributed by atoms with Gasteiger partial charge in [-0.25, -0.2) is 0 Å². The summed E-state index contributed by atoms with van der Waals surface area (Å²) in [7, 11) is 0. The van der Waals surface area contributed by atoms with Crippen LogP contribution < -0.4 is 16.0 Å². The van der Waals surface area contributed by atoms with E-state index in [1.54, 1.807) is 0 Å². The molecular weight excluding hydrogens is 404 g/mol. The minimum atomic E-state index is -0.759. The molecule has 0 aliphatic carbocycles. The van der Waals surface area contributed by atoms with E-state index in [1.165, 1.54) is 16.3 Å². The highest BCUT2D eigenvalue weighted by molar-refractivity contribution is 5.83. The third kappa shape index (κ3) is 4.23. The Morgan fingerprint density at radius 1 is 1.09 bits per heavy atom. The molecule has 2 aliphatic rings. The Labute approximate surface area is 186 Å². The van der Waals surface area contributed by atoms with Crippen LogP contribution in [0.15, 0.2) is 42.5 Å². The van der Waals surface area contributed by atoms with Gasteiger partial charge in [-0.15, -0.1) is 0 Å². The first kappa shape index (κ1) is 20.6. The van der Waals surface area contributed by atoms with E-state index in [-0.39, 0.29) is 11.4 Å². The number of nitrogens with zero attached hydrogens (tertiary/aromatic N) is 4. The highest BCUT2D eigenvalue weighted by Crippen LogP contribution is 2.40. The van der Waals surface area contributed by atoms with Crippen LogP contribution in [0.3, 0.4) is 0 Å². The molecule has 5 rings (SSSR count). The molecule has 1 spiro atoms. The van der Waals surface area contributed by atoms with Gasteiger partial charge in [-0.2, -0.15) is 15.0 Å². The molecule has 8 nitrogen and oxygen atoms in total. The number of aromatic nitrogens is 3. The van der Waals surface area contributed by atoms with E-state index in [0.717, 1.165) is 38.9 Å². The van der Waals surface area contributed by atoms with Gasteiger partial charge in [0, 0.05) is 26.1 Å². The van der Waals surface area contributed by atoms with Crippen LogP contribution >= 0.6 is 0 Å². The van der Waals surface area contributed by atoms with Gasteiger partial charge in [0.1, 0.15) is 11.9 Å². The summed E-state index contributed by atoms with van der Waals surface area (Å²) in [6.45, 7) is 2.34. The fourth-order valence-electron chi connectivity index (χ4n) is 4.98. The number of carboxylic acid groups (broad SMARTS) is 1. The van der Waals surface area contributed by atoms with E-state index in [1.807, 2.05) is 6.07 Å². The van der Waals surface area contributed by atoms with Crippen LogP contribution in [0.5, 0.6) is 0 Å². The average molecular weight is 433 g/mol. The zero-order valence-electron chi connectivity index (χ0n) is 18.0. The summed E-state index contributed by atoms with van der Waals surface area (Å²) < 4.78 is 0. The minimum Gasteiger partial charge on any atom is -0.480 e. The number of nitrogens with one attached hydrogen (secondary N) is 1. The molecule has 0 unspecified atom stereocenters. The van der Waals surface area contributed by atoms with Crippen molar-refractivity contribution < 1.29 is 9.90 Å². The molecule has 3 heterocycles. The Hall–Kier alpha value is -3.26. The maximum Gasteiger partial charge on any atom is 0.320 e. The number of carbonyl (C=O) groups is 1. The van der Waals surface area contributed by atoms with Crippen molar-refractivity contribution in [1.82, 2.24) is 20.3 Å². The van der Waals surface area contributed by atoms with Gasteiger partial charge < -0.3 is 21.1 Å². The fraction of sp³-hybridized carbons (Fsp3) is 0.417. The Morgan fingerprint density at radius 2 is 1.88 bits per heavy atom. The number of piperidine rings is 1. The lowest BCUT2D eigenvalue weighted by Gasteiger charge is -2.39. The first-order chi connectivity index (χ1) is 15.5. The normalized spacial score (nSPS) is 20.1. The maximum atomic E-state index is 11.3. The molecule has 1 atom stereocenters. The van der Waals surface area contributed by atoms with Crippen molar-refractivity contribution in [3.05, 3.63) is 53.9 Å². The van der Waals surface area contributed by atoms with E-state index in [2.05, 4.69) is 56.6 Å². The van der Waals surface area contributed by atoms with Gasteiger partial charge in [0.25, 0.3) is 0 Å². The van der Waals surface area contributed by atoms with Gasteiger partial charge in [-0.3, -0.25) is 4.79 Å². The largest absolute Gasteiger partial charge is 0.480 e. The van der Waals surface area contributed by atoms with Crippen molar-refractivity contribution in [3.63, 3.8) is 0 Å². The van der Waals surface area contributed by atoms with E-state index >= 15 is 0 Å². The van der Waals surface area contributed by atoms with Crippen LogP contribution in [-0.4, -0.2) is 51.7 Å². The second-order valence-corrected chi connectivity index (χ2v) is 9.05. The number of hydrogen-bond donors (Lipinski definition) is 3. The van der Waals surface area contributed by atoms with Gasteiger partial charge in [-0.05, 0) is 47.4 Å². The molecule has 0 radical (unpaired) electrons. The molecule has 166 valence electrons. The average Bonchev–Trinajstić information content (AvgIpc) is 3.21. The summed E-state index contributed by atoms with van der Waals surface area (Å²) in [4.78, 5) is 26.9. The number of carboxylic acids is 1. The van der Waals surface area contributed by atoms with Gasteiger partial charge >= 0.3 is 5.97 Å². The summed E-state index contributed by atoms with van der Waals surface area (Å²) in [5.74, 6) is 0.818. The van der Waals surface area contributed by atoms with Crippen molar-refractivity contribution in [2.75, 3.05) is 30.3 Å². The predicted molar refractivity (Wildman–Crippen MR) is 124 cm³/mol. The summed E-state index contributed by atoms with van der Waals surface area (Å²) in [5.41, 5.74) is 7.31. The lowest BCUT2D eigenvalue weighted by Crippen LogP contribution is -2.42. The number of nitrogens with two attached hydrogens (primary N) is 1. The number of benzene rings is 2. The zero-order valence-corrected chi connectivity index (χ0v) is 18.0. The molecular formula is C24H28N6O2. The summed E-state index contributed by atoms with van der Waals surface area (Å²) >= 11 is 0. The molecule has 0 bridgehead atoms. The van der Waals surface area contributed by atoms with Crippen molar-refractivity contribution in [2.45, 2.75) is 38.1 Å². The number of anilines is 2. The molecule has 4 N–H and O–H groups in total. The molecule has 1 aromatic heterocycles. The van der Waals surface area contributed by atoms with Crippen LogP contribution in [0.25, 0.3) is 10.8 Å². The van der Waals surface area contributed by atoms with Crippen molar-refractivity contribution >= 4 is 28.6 Å². The Kier molecular flexibility index (Phi) is 5.38. The quantitative estimate of drug-likeness (QED) is 0.563. The lowest BCUT2D eigenvalue weighted by molar-refractivity contribution is -0.139. The van der Waals surface area contributed by atoms with E-state index in [9.17, 15) is 9.90 Å². The topological polar surface area (TPSA) is 117 Å². The summed E-state index contributed by atoms with van der Waals surface area (Å²) in [6, 6.07) is 14.4. The third-order valence-corrected chi connectivity index (χ3v) is 6.90. The molecule has 0 saturated carbocycles. The number of nitrogen functional groups attached to an aromatic ring is 1. The molecule has 0 amide bonds. The van der Waals surface area contributed by atoms with E-state index < -0.39 is 12.0 Å². The molecule has 2 fully saturated rings. The number of aryl methyl sites for hydroxylation is 2. The first-order valence-electron chi connectivity index (χ1n) is 11.2. The predicted octanol–water partition coefficient (Wildman–Crippen LogP) is 2.43. The number of aliphatic carboxylic acids is 1. The monoisotopic (exact) mass is 432 g/mol. The smallest absolute Gasteiger partial charge is 0.320 e. The van der Waals surface area contributed by atoms with Crippen LogP contribution in [0.2, 0.25) is 0 Å². The van der Waals surface area contributed by atoms with Crippen molar-refractivity contribution in [3.8, 4) is 0 Å². The number of hydrogen-bond acceptors (Lipinski definition) is 7. The fourth-order valence-corrected chi connectivity index (χ4v) is 4.98. The highest BCUT2D eigenvalue weighted by Gasteiger charge is 2.43. The summed E-state index contributed by atoms with van der Waals surface area (Å²) in [6.07, 6.45) is 4.05. The molecule has 2 saturated heterocycles. The first-order valence-corrected chi connectivity index (χ1v) is 11.2. The Morgan fingerprint density at radius 3 is 2.62 bits per heavy atom. The highest BCUT2D eigenvalue weighted by atomic mass is 16.4. The van der Waals surface area contributed by atoms with Gasteiger partial charge in [0.2, 0.25) is 11.9 Å². The molecule has 2 aliphatic heterocycles. The van der Waals surface area contributed by atoms with Crippen molar-refractivity contribution in [2.24, 2.45) is 5.41 Å². The molecule has 3 aromatic rings. The second-order valence-electron chi connectivity index (χ2n) is 9.05. The van der Waals surface area contributed by atoms with Gasteiger partial charge in [0.15, 0.2) is 0 Å². The van der Waals surface area contributed by atoms with Crippen LogP contribution in [0.1, 0.15) is 30.7 Å². The lowest BCUT2D eigenvalue weighted by atomic mass is 9.76. The number of rotatable bonds is 5. The van der Waals surface area contributed by atoms with Crippen LogP contribution in [0, 0.1) is 5.41 Å². The van der Waals surface area contributed by atoms with Gasteiger partial charge in [0.05, 0.1) is 0 Å². The van der Waals surface area contributed by atoms with Crippen molar-refractivity contribution in [1.29, 1.82) is 0 Å². The van der Waals surface area contributed by atoms with E-state index in [0.29, 0.717) is 24.6 Å². The molecule has 2 aromatic carbocycles. The Balaban J connectivity index is 1.24. The van der Waals surface area contributed by atoms with Crippen LogP contribution in [0.4, 0.5) is 11.9 Å². The standard InChI is InChI=1S/C24H28N6O2/c25-22-27-20(8-6-16-5-7-17-3-1-2-4-18(17)13-16)28-23(29-22)30-11-9-24(10-12-30)14-19(21(31)32)26-15-24/h1-5,7,13,19,26H,6,8-12,14-15H2,(H,31,32)(H2,25,27,28,29)/t19-/m0/s1.